The Morgan fingerprint density at radius 2 is 1.39 bits per heavy atom. The van der Waals surface area contributed by atoms with E-state index in [0.717, 1.165) is 63.7 Å². The quantitative estimate of drug-likeness (QED) is 0.616. The third kappa shape index (κ3) is 7.14. The van der Waals surface area contributed by atoms with Gasteiger partial charge in [-0.25, -0.2) is 4.98 Å². The molecule has 0 bridgehead atoms. The number of rotatable bonds is 12. The number of nitrogens with zero attached hydrogens (tertiary/aromatic N) is 4. The van der Waals surface area contributed by atoms with Crippen LogP contribution in [0, 0.1) is 6.92 Å². The van der Waals surface area contributed by atoms with Crippen LogP contribution in [0.2, 0.25) is 0 Å². The number of aryl methyl sites for hydroxylation is 1. The molecule has 1 heterocycles. The van der Waals surface area contributed by atoms with Crippen molar-refractivity contribution in [1.82, 2.24) is 19.8 Å². The van der Waals surface area contributed by atoms with E-state index >= 15 is 0 Å². The van der Waals surface area contributed by atoms with Gasteiger partial charge in [0.25, 0.3) is 0 Å². The van der Waals surface area contributed by atoms with Crippen LogP contribution in [0.5, 0.6) is 0 Å². The van der Waals surface area contributed by atoms with Crippen LogP contribution < -0.4 is 10.6 Å². The molecule has 2 N–H and O–H groups in total. The van der Waals surface area contributed by atoms with Gasteiger partial charge in [-0.2, -0.15) is 4.98 Å². The molecule has 0 amide bonds. The van der Waals surface area contributed by atoms with Crippen LogP contribution in [0.25, 0.3) is 0 Å². The second-order valence-electron chi connectivity index (χ2n) is 5.63. The Morgan fingerprint density at radius 3 is 1.91 bits per heavy atom. The summed E-state index contributed by atoms with van der Waals surface area (Å²) in [4.78, 5) is 13.7. The fourth-order valence-electron chi connectivity index (χ4n) is 2.44. The van der Waals surface area contributed by atoms with Gasteiger partial charge in [0.2, 0.25) is 5.95 Å². The SMILES string of the molecule is CCN(CC)CCNc1ncc(C)c(NCCN(CC)CC)n1. The van der Waals surface area contributed by atoms with Crippen molar-refractivity contribution in [3.63, 3.8) is 0 Å². The molecule has 0 aliphatic rings. The molecule has 1 rings (SSSR count). The van der Waals surface area contributed by atoms with E-state index in [1.807, 2.05) is 13.1 Å². The molecule has 0 radical (unpaired) electrons. The standard InChI is InChI=1S/C17H34N6/c1-6-22(7-2)12-10-18-16-15(5)14-20-17(21-16)19-11-13-23(8-3)9-4/h14H,6-13H2,1-5H3,(H2,18,19,20,21). The van der Waals surface area contributed by atoms with Crippen LogP contribution in [0.15, 0.2) is 6.20 Å². The predicted octanol–water partition coefficient (Wildman–Crippen LogP) is 2.29. The number of hydrogen-bond acceptors (Lipinski definition) is 6. The van der Waals surface area contributed by atoms with Gasteiger partial charge in [0.15, 0.2) is 0 Å². The molecule has 0 fully saturated rings. The van der Waals surface area contributed by atoms with E-state index in [0.29, 0.717) is 5.95 Å². The highest BCUT2D eigenvalue weighted by atomic mass is 15.2. The van der Waals surface area contributed by atoms with Gasteiger partial charge in [0, 0.05) is 37.9 Å². The molecule has 6 nitrogen and oxygen atoms in total. The van der Waals surface area contributed by atoms with E-state index in [9.17, 15) is 0 Å². The van der Waals surface area contributed by atoms with Crippen molar-refractivity contribution in [3.8, 4) is 0 Å². The summed E-state index contributed by atoms with van der Waals surface area (Å²) < 4.78 is 0. The van der Waals surface area contributed by atoms with Crippen molar-refractivity contribution in [1.29, 1.82) is 0 Å². The van der Waals surface area contributed by atoms with Crippen molar-refractivity contribution in [2.75, 3.05) is 63.0 Å². The first kappa shape index (κ1) is 19.6. The minimum absolute atomic E-state index is 0.702. The maximum atomic E-state index is 4.60. The van der Waals surface area contributed by atoms with Crippen molar-refractivity contribution < 1.29 is 0 Å². The lowest BCUT2D eigenvalue weighted by Crippen LogP contribution is -2.29. The fraction of sp³-hybridized carbons (Fsp3) is 0.765. The zero-order valence-corrected chi connectivity index (χ0v) is 15.5. The Hall–Kier alpha value is -1.40. The summed E-state index contributed by atoms with van der Waals surface area (Å²) in [5.74, 6) is 1.63. The maximum Gasteiger partial charge on any atom is 0.224 e. The van der Waals surface area contributed by atoms with Crippen molar-refractivity contribution in [2.24, 2.45) is 0 Å². The molecule has 6 heteroatoms. The number of aromatic nitrogens is 2. The smallest absolute Gasteiger partial charge is 0.224 e. The highest BCUT2D eigenvalue weighted by Gasteiger charge is 2.05. The van der Waals surface area contributed by atoms with E-state index in [1.165, 1.54) is 0 Å². The second kappa shape index (κ2) is 11.2. The van der Waals surface area contributed by atoms with Gasteiger partial charge in [-0.15, -0.1) is 0 Å². The predicted molar refractivity (Wildman–Crippen MR) is 99.3 cm³/mol. The van der Waals surface area contributed by atoms with Crippen molar-refractivity contribution in [3.05, 3.63) is 11.8 Å². The van der Waals surface area contributed by atoms with Crippen molar-refractivity contribution in [2.45, 2.75) is 34.6 Å². The van der Waals surface area contributed by atoms with Gasteiger partial charge >= 0.3 is 0 Å². The monoisotopic (exact) mass is 322 g/mol. The van der Waals surface area contributed by atoms with Gasteiger partial charge < -0.3 is 20.4 Å². The molecule has 0 atom stereocenters. The molecule has 0 aliphatic heterocycles. The first-order valence-electron chi connectivity index (χ1n) is 8.90. The summed E-state index contributed by atoms with van der Waals surface area (Å²) in [6.45, 7) is 18.9. The minimum atomic E-state index is 0.702. The average molecular weight is 323 g/mol. The van der Waals surface area contributed by atoms with E-state index in [1.54, 1.807) is 0 Å². The van der Waals surface area contributed by atoms with Gasteiger partial charge in [0.1, 0.15) is 5.82 Å². The number of likely N-dealkylation sites (N-methyl/N-ethyl adjacent to an activating group) is 2. The minimum Gasteiger partial charge on any atom is -0.368 e. The first-order valence-corrected chi connectivity index (χ1v) is 8.90. The van der Waals surface area contributed by atoms with Gasteiger partial charge in [-0.05, 0) is 33.1 Å². The zero-order chi connectivity index (χ0) is 17.1. The lowest BCUT2D eigenvalue weighted by atomic mass is 10.3. The lowest BCUT2D eigenvalue weighted by molar-refractivity contribution is 0.315. The van der Waals surface area contributed by atoms with E-state index < -0.39 is 0 Å². The molecule has 23 heavy (non-hydrogen) atoms. The molecule has 0 unspecified atom stereocenters. The number of hydrogen-bond donors (Lipinski definition) is 2. The molecular weight excluding hydrogens is 288 g/mol. The molecule has 0 saturated carbocycles. The van der Waals surface area contributed by atoms with Gasteiger partial charge in [-0.1, -0.05) is 27.7 Å². The second-order valence-corrected chi connectivity index (χ2v) is 5.63. The van der Waals surface area contributed by atoms with Crippen LogP contribution in [-0.4, -0.2) is 72.1 Å². The van der Waals surface area contributed by atoms with Gasteiger partial charge in [-0.3, -0.25) is 0 Å². The molecule has 0 aliphatic carbocycles. The summed E-state index contributed by atoms with van der Waals surface area (Å²) in [5, 5.41) is 6.75. The van der Waals surface area contributed by atoms with E-state index in [-0.39, 0.29) is 0 Å². The van der Waals surface area contributed by atoms with Crippen LogP contribution in [0.4, 0.5) is 11.8 Å². The van der Waals surface area contributed by atoms with Gasteiger partial charge in [0.05, 0.1) is 0 Å². The van der Waals surface area contributed by atoms with Crippen LogP contribution >= 0.6 is 0 Å². The summed E-state index contributed by atoms with van der Waals surface area (Å²) in [6, 6.07) is 0. The Morgan fingerprint density at radius 1 is 0.870 bits per heavy atom. The van der Waals surface area contributed by atoms with E-state index in [4.69, 9.17) is 0 Å². The van der Waals surface area contributed by atoms with Crippen LogP contribution in [0.1, 0.15) is 33.3 Å². The Balaban J connectivity index is 2.48. The average Bonchev–Trinajstić information content (AvgIpc) is 2.58. The highest BCUT2D eigenvalue weighted by Crippen LogP contribution is 2.12. The molecular formula is C17H34N6. The Labute approximate surface area is 141 Å². The van der Waals surface area contributed by atoms with Crippen molar-refractivity contribution >= 4 is 11.8 Å². The molecule has 1 aromatic heterocycles. The molecule has 0 spiro atoms. The molecule has 1 aromatic rings. The summed E-state index contributed by atoms with van der Waals surface area (Å²) in [5.41, 5.74) is 1.08. The Bertz CT molecular complexity index is 429. The zero-order valence-electron chi connectivity index (χ0n) is 15.5. The summed E-state index contributed by atoms with van der Waals surface area (Å²) in [6.07, 6.45) is 1.88. The summed E-state index contributed by atoms with van der Waals surface area (Å²) in [7, 11) is 0. The first-order chi connectivity index (χ1) is 11.1. The normalized spacial score (nSPS) is 11.3. The lowest BCUT2D eigenvalue weighted by Gasteiger charge is -2.19. The third-order valence-electron chi connectivity index (χ3n) is 4.19. The number of anilines is 2. The molecule has 0 saturated heterocycles. The van der Waals surface area contributed by atoms with Crippen LogP contribution in [0.3, 0.4) is 0 Å². The third-order valence-corrected chi connectivity index (χ3v) is 4.19. The highest BCUT2D eigenvalue weighted by molar-refractivity contribution is 5.46. The fourth-order valence-corrected chi connectivity index (χ4v) is 2.44. The molecule has 132 valence electrons. The van der Waals surface area contributed by atoms with E-state index in [2.05, 4.69) is 58.1 Å². The van der Waals surface area contributed by atoms with Crippen LogP contribution in [-0.2, 0) is 0 Å². The number of nitrogens with one attached hydrogen (secondary N) is 2. The summed E-state index contributed by atoms with van der Waals surface area (Å²) >= 11 is 0. The maximum absolute atomic E-state index is 4.60. The molecule has 0 aromatic carbocycles. The largest absolute Gasteiger partial charge is 0.368 e. The Kier molecular flexibility index (Phi) is 9.55. The topological polar surface area (TPSA) is 56.3 Å².